The number of aliphatic carboxylic acids is 1. The van der Waals surface area contributed by atoms with E-state index < -0.39 is 12.6 Å². The van der Waals surface area contributed by atoms with Gasteiger partial charge >= 0.3 is 5.97 Å². The number of carboxylic acids is 1. The molecule has 0 unspecified atom stereocenters. The molecule has 7 nitrogen and oxygen atoms in total. The number of carboxylic acid groups (broad SMARTS) is 1. The minimum Gasteiger partial charge on any atom is -0.480 e. The zero-order chi connectivity index (χ0) is 13.8. The molecule has 0 atom stereocenters. The highest BCUT2D eigenvalue weighted by Crippen LogP contribution is 2.21. The van der Waals surface area contributed by atoms with Crippen molar-refractivity contribution in [3.05, 3.63) is 29.4 Å². The Morgan fingerprint density at radius 2 is 2.16 bits per heavy atom. The number of hydrogen-bond acceptors (Lipinski definition) is 6. The Labute approximate surface area is 109 Å². The summed E-state index contributed by atoms with van der Waals surface area (Å²) in [5, 5.41) is 16.1. The van der Waals surface area contributed by atoms with Gasteiger partial charge in [0.1, 0.15) is 13.2 Å². The molecule has 2 rings (SSSR count). The molecule has 2 aromatic heterocycles. The summed E-state index contributed by atoms with van der Waals surface area (Å²) in [4.78, 5) is 14.6. The van der Waals surface area contributed by atoms with Gasteiger partial charge in [0.25, 0.3) is 0 Å². The predicted molar refractivity (Wildman–Crippen MR) is 64.3 cm³/mol. The van der Waals surface area contributed by atoms with E-state index in [0.717, 1.165) is 17.0 Å². The summed E-state index contributed by atoms with van der Waals surface area (Å²) >= 11 is 0. The Hall–Kier alpha value is -2.28. The van der Waals surface area contributed by atoms with Crippen molar-refractivity contribution in [1.82, 2.24) is 15.2 Å². The largest absolute Gasteiger partial charge is 0.480 e. The molecule has 0 aromatic carbocycles. The van der Waals surface area contributed by atoms with Gasteiger partial charge in [-0.2, -0.15) is 0 Å². The summed E-state index contributed by atoms with van der Waals surface area (Å²) in [6.07, 6.45) is 0. The van der Waals surface area contributed by atoms with Crippen LogP contribution >= 0.6 is 0 Å². The van der Waals surface area contributed by atoms with E-state index >= 15 is 0 Å². The Morgan fingerprint density at radius 1 is 1.37 bits per heavy atom. The van der Waals surface area contributed by atoms with Gasteiger partial charge in [-0.15, -0.1) is 10.2 Å². The maximum absolute atomic E-state index is 10.3. The molecule has 0 spiro atoms. The minimum absolute atomic E-state index is 0.0301. The first-order valence-electron chi connectivity index (χ1n) is 5.63. The number of aromatic nitrogens is 3. The van der Waals surface area contributed by atoms with Crippen molar-refractivity contribution < 1.29 is 19.1 Å². The Bertz CT molecular complexity index is 594. The van der Waals surface area contributed by atoms with Crippen LogP contribution in [0.25, 0.3) is 11.5 Å². The van der Waals surface area contributed by atoms with E-state index in [2.05, 4.69) is 15.2 Å². The van der Waals surface area contributed by atoms with E-state index in [1.807, 2.05) is 26.0 Å². The van der Waals surface area contributed by atoms with Gasteiger partial charge in [0.05, 0.1) is 11.3 Å². The molecule has 0 saturated heterocycles. The van der Waals surface area contributed by atoms with Gasteiger partial charge in [-0.05, 0) is 26.0 Å². The number of ether oxygens (including phenoxy) is 1. The van der Waals surface area contributed by atoms with Crippen molar-refractivity contribution in [2.75, 3.05) is 6.61 Å². The highest BCUT2D eigenvalue weighted by molar-refractivity contribution is 5.67. The smallest absolute Gasteiger partial charge is 0.329 e. The van der Waals surface area contributed by atoms with Gasteiger partial charge in [-0.1, -0.05) is 0 Å². The molecule has 0 aliphatic carbocycles. The maximum atomic E-state index is 10.3. The topological polar surface area (TPSA) is 98.3 Å². The first-order chi connectivity index (χ1) is 9.06. The van der Waals surface area contributed by atoms with Crippen LogP contribution in [0.15, 0.2) is 16.5 Å². The van der Waals surface area contributed by atoms with Gasteiger partial charge in [0, 0.05) is 5.69 Å². The van der Waals surface area contributed by atoms with Crippen molar-refractivity contribution in [1.29, 1.82) is 0 Å². The average Bonchev–Trinajstić information content (AvgIpc) is 2.77. The van der Waals surface area contributed by atoms with Crippen molar-refractivity contribution in [3.63, 3.8) is 0 Å². The highest BCUT2D eigenvalue weighted by Gasteiger charge is 2.12. The highest BCUT2D eigenvalue weighted by atomic mass is 16.5. The molecule has 100 valence electrons. The lowest BCUT2D eigenvalue weighted by Crippen LogP contribution is -2.06. The SMILES string of the molecule is Cc1ccc(-c2nnc(COCC(=O)O)o2)c(C)n1. The summed E-state index contributed by atoms with van der Waals surface area (Å²) in [6, 6.07) is 3.71. The van der Waals surface area contributed by atoms with Crippen molar-refractivity contribution >= 4 is 5.97 Å². The van der Waals surface area contributed by atoms with E-state index in [9.17, 15) is 4.79 Å². The normalized spacial score (nSPS) is 10.6. The van der Waals surface area contributed by atoms with E-state index in [1.54, 1.807) is 0 Å². The molecule has 0 bridgehead atoms. The maximum Gasteiger partial charge on any atom is 0.329 e. The van der Waals surface area contributed by atoms with Crippen LogP contribution in [0.3, 0.4) is 0 Å². The van der Waals surface area contributed by atoms with Crippen LogP contribution < -0.4 is 0 Å². The molecule has 0 fully saturated rings. The standard InChI is InChI=1S/C12H13N3O4/c1-7-3-4-9(8(2)13-7)12-15-14-10(19-12)5-18-6-11(16)17/h3-4H,5-6H2,1-2H3,(H,16,17). The lowest BCUT2D eigenvalue weighted by molar-refractivity contribution is -0.142. The zero-order valence-corrected chi connectivity index (χ0v) is 10.6. The van der Waals surface area contributed by atoms with Crippen LogP contribution in [0.1, 0.15) is 17.3 Å². The minimum atomic E-state index is -1.04. The third-order valence-electron chi connectivity index (χ3n) is 2.37. The second-order valence-electron chi connectivity index (χ2n) is 3.97. The molecule has 0 amide bonds. The Balaban J connectivity index is 2.10. The summed E-state index contributed by atoms with van der Waals surface area (Å²) < 4.78 is 10.3. The fourth-order valence-corrected chi connectivity index (χ4v) is 1.56. The van der Waals surface area contributed by atoms with Crippen LogP contribution in [0, 0.1) is 13.8 Å². The van der Waals surface area contributed by atoms with Crippen LogP contribution in [0.2, 0.25) is 0 Å². The second kappa shape index (κ2) is 5.57. The molecular formula is C12H13N3O4. The number of carbonyl (C=O) groups is 1. The molecular weight excluding hydrogens is 250 g/mol. The van der Waals surface area contributed by atoms with Gasteiger partial charge in [-0.25, -0.2) is 4.79 Å². The molecule has 2 aromatic rings. The molecule has 0 saturated carbocycles. The van der Waals surface area contributed by atoms with E-state index in [4.69, 9.17) is 14.3 Å². The number of rotatable bonds is 5. The fourth-order valence-electron chi connectivity index (χ4n) is 1.56. The molecule has 0 radical (unpaired) electrons. The molecule has 0 aliphatic rings. The average molecular weight is 263 g/mol. The van der Waals surface area contributed by atoms with E-state index in [0.29, 0.717) is 5.89 Å². The molecule has 7 heteroatoms. The van der Waals surface area contributed by atoms with E-state index in [1.165, 1.54) is 0 Å². The number of aryl methyl sites for hydroxylation is 2. The van der Waals surface area contributed by atoms with Gasteiger partial charge < -0.3 is 14.3 Å². The lowest BCUT2D eigenvalue weighted by Gasteiger charge is -2.00. The van der Waals surface area contributed by atoms with Crippen molar-refractivity contribution in [3.8, 4) is 11.5 Å². The molecule has 1 N–H and O–H groups in total. The molecule has 2 heterocycles. The predicted octanol–water partition coefficient (Wildman–Crippen LogP) is 1.35. The monoisotopic (exact) mass is 263 g/mol. The van der Waals surface area contributed by atoms with Crippen LogP contribution in [0.4, 0.5) is 0 Å². The van der Waals surface area contributed by atoms with E-state index in [-0.39, 0.29) is 12.5 Å². The van der Waals surface area contributed by atoms with Gasteiger partial charge in [-0.3, -0.25) is 4.98 Å². The fraction of sp³-hybridized carbons (Fsp3) is 0.333. The zero-order valence-electron chi connectivity index (χ0n) is 10.6. The summed E-state index contributed by atoms with van der Waals surface area (Å²) in [6.45, 7) is 3.32. The quantitative estimate of drug-likeness (QED) is 0.869. The van der Waals surface area contributed by atoms with Crippen LogP contribution in [0.5, 0.6) is 0 Å². The number of hydrogen-bond donors (Lipinski definition) is 1. The van der Waals surface area contributed by atoms with Gasteiger partial charge in [0.15, 0.2) is 0 Å². The lowest BCUT2D eigenvalue weighted by atomic mass is 10.2. The number of pyridine rings is 1. The van der Waals surface area contributed by atoms with Crippen molar-refractivity contribution in [2.45, 2.75) is 20.5 Å². The second-order valence-corrected chi connectivity index (χ2v) is 3.97. The third kappa shape index (κ3) is 3.35. The van der Waals surface area contributed by atoms with Gasteiger partial charge in [0.2, 0.25) is 11.8 Å². The third-order valence-corrected chi connectivity index (χ3v) is 2.37. The summed E-state index contributed by atoms with van der Waals surface area (Å²) in [7, 11) is 0. The molecule has 0 aliphatic heterocycles. The molecule has 19 heavy (non-hydrogen) atoms. The van der Waals surface area contributed by atoms with Crippen LogP contribution in [-0.4, -0.2) is 32.9 Å². The Morgan fingerprint density at radius 3 is 2.84 bits per heavy atom. The summed E-state index contributed by atoms with van der Waals surface area (Å²) in [5.41, 5.74) is 2.45. The first-order valence-corrected chi connectivity index (χ1v) is 5.63. The first kappa shape index (κ1) is 13.2. The Kier molecular flexibility index (Phi) is 3.86. The number of nitrogens with zero attached hydrogens (tertiary/aromatic N) is 3. The van der Waals surface area contributed by atoms with Crippen LogP contribution in [-0.2, 0) is 16.1 Å². The summed E-state index contributed by atoms with van der Waals surface area (Å²) in [5.74, 6) is -0.464. The van der Waals surface area contributed by atoms with Crippen molar-refractivity contribution in [2.24, 2.45) is 0 Å².